The average Bonchev–Trinajstić information content (AvgIpc) is 3.50. The molecule has 1 N–H and O–H groups in total. The first kappa shape index (κ1) is 61.0. The number of hydrogen-bond acceptors (Lipinski definition) is 11. The molecule has 0 aromatic rings. The van der Waals surface area contributed by atoms with E-state index < -0.39 is 69.1 Å². The van der Waals surface area contributed by atoms with Gasteiger partial charge in [-0.1, -0.05) is 109 Å². The highest BCUT2D eigenvalue weighted by Gasteiger charge is 2.56. The minimum atomic E-state index is -2.36. The van der Waals surface area contributed by atoms with Gasteiger partial charge in [0.2, 0.25) is 0 Å². The SMILES string of the molecule is CC[Si](CC)(CC)O[C@@H](C[C@H](C)[C@H](O)C#C[C@@](C)(OCOC)[C@@H]1OC(C)(C)O[C@@H]1[C@@H](CO[Si](C)(C)C(C)(C)C)O[Si](C)(C)C(C)(C)C)[C@@H](OCOC)[C@@H](C)CO[Si](C)(C)C(C)(C)C. The summed E-state index contributed by atoms with van der Waals surface area (Å²) in [7, 11) is -5.50. The van der Waals surface area contributed by atoms with Crippen molar-refractivity contribution < 1.29 is 51.2 Å². The quantitative estimate of drug-likeness (QED) is 0.0508. The zero-order valence-corrected chi connectivity index (χ0v) is 49.3. The summed E-state index contributed by atoms with van der Waals surface area (Å²) >= 11 is 0. The maximum absolute atomic E-state index is 12.0. The summed E-state index contributed by atoms with van der Waals surface area (Å²) in [5, 5.41) is 12.0. The van der Waals surface area contributed by atoms with Gasteiger partial charge in [-0.05, 0) is 106 Å². The molecule has 0 saturated carbocycles. The summed E-state index contributed by atoms with van der Waals surface area (Å²) in [6, 6.07) is 2.95. The van der Waals surface area contributed by atoms with Crippen LogP contribution in [0.1, 0.15) is 124 Å². The first-order valence-electron chi connectivity index (χ1n) is 23.9. The molecular formula is C48H100O11Si4. The van der Waals surface area contributed by atoms with Crippen LogP contribution in [-0.4, -0.2) is 127 Å². The topological polar surface area (TPSA) is 113 Å². The summed E-state index contributed by atoms with van der Waals surface area (Å²) in [6.45, 7) is 51.3. The van der Waals surface area contributed by atoms with Crippen molar-refractivity contribution in [1.82, 2.24) is 0 Å². The Bertz CT molecular complexity index is 1400. The highest BCUT2D eigenvalue weighted by atomic mass is 28.4. The van der Waals surface area contributed by atoms with Crippen LogP contribution in [0.15, 0.2) is 0 Å². The fourth-order valence-corrected chi connectivity index (χ4v) is 13.3. The Morgan fingerprint density at radius 2 is 1.14 bits per heavy atom. The molecule has 63 heavy (non-hydrogen) atoms. The van der Waals surface area contributed by atoms with Crippen LogP contribution in [0.25, 0.3) is 0 Å². The lowest BCUT2D eigenvalue weighted by Crippen LogP contribution is -2.57. The van der Waals surface area contributed by atoms with E-state index in [4.69, 9.17) is 46.1 Å². The van der Waals surface area contributed by atoms with E-state index in [2.05, 4.69) is 141 Å². The zero-order chi connectivity index (χ0) is 49.3. The fourth-order valence-electron chi connectivity index (χ4n) is 6.98. The average molecular weight is 966 g/mol. The molecule has 9 atom stereocenters. The van der Waals surface area contributed by atoms with Crippen molar-refractivity contribution in [1.29, 1.82) is 0 Å². The molecule has 0 aromatic heterocycles. The predicted octanol–water partition coefficient (Wildman–Crippen LogP) is 11.7. The molecule has 0 bridgehead atoms. The van der Waals surface area contributed by atoms with Crippen molar-refractivity contribution in [2.45, 2.75) is 245 Å². The number of aliphatic hydroxyl groups is 1. The lowest BCUT2D eigenvalue weighted by Gasteiger charge is -2.44. The van der Waals surface area contributed by atoms with Gasteiger partial charge in [0, 0.05) is 26.7 Å². The largest absolute Gasteiger partial charge is 0.416 e. The van der Waals surface area contributed by atoms with Crippen LogP contribution in [0.5, 0.6) is 0 Å². The van der Waals surface area contributed by atoms with E-state index in [1.54, 1.807) is 14.2 Å². The second-order valence-electron chi connectivity index (χ2n) is 23.6. The first-order chi connectivity index (χ1) is 28.4. The van der Waals surface area contributed by atoms with E-state index in [0.717, 1.165) is 18.1 Å². The molecule has 0 aliphatic carbocycles. The molecule has 1 aliphatic rings. The second-order valence-corrected chi connectivity index (χ2v) is 42.7. The standard InChI is InChI=1S/C48H100O11Si4/c1-26-63(27-2,28-3)59-39(41(52-34-50-18)37(5)32-54-60(20,21)44(6,7)8)31-36(4)38(49)29-30-48(17,53-35-51-19)43-42(56-47(15,16)57-43)40(58-62(24,25)46(12,13)14)33-55-61(22,23)45(9,10)11/h36-43,49H,26-28,31-35H2,1-25H3/t36-,37-,38+,39-,40+,41-,42+,43+,48+/m0/s1. The van der Waals surface area contributed by atoms with E-state index >= 15 is 0 Å². The third-order valence-electron chi connectivity index (χ3n) is 14.9. The summed E-state index contributed by atoms with van der Waals surface area (Å²) in [5.41, 5.74) is -1.27. The Morgan fingerprint density at radius 1 is 0.667 bits per heavy atom. The predicted molar refractivity (Wildman–Crippen MR) is 269 cm³/mol. The molecular weight excluding hydrogens is 865 g/mol. The molecule has 0 amide bonds. The molecule has 15 heteroatoms. The number of hydrogen-bond donors (Lipinski definition) is 1. The third kappa shape index (κ3) is 17.5. The van der Waals surface area contributed by atoms with Crippen molar-refractivity contribution in [3.63, 3.8) is 0 Å². The number of rotatable bonds is 26. The Morgan fingerprint density at radius 3 is 1.59 bits per heavy atom. The van der Waals surface area contributed by atoms with E-state index in [-0.39, 0.29) is 52.7 Å². The Labute approximate surface area is 392 Å². The van der Waals surface area contributed by atoms with Gasteiger partial charge in [-0.15, -0.1) is 0 Å². The lowest BCUT2D eigenvalue weighted by molar-refractivity contribution is -0.183. The van der Waals surface area contributed by atoms with Crippen LogP contribution in [-0.2, 0) is 46.1 Å². The van der Waals surface area contributed by atoms with Gasteiger partial charge in [0.05, 0.1) is 24.9 Å². The normalized spacial score (nSPS) is 22.1. The number of ether oxygens (including phenoxy) is 6. The Kier molecular flexibility index (Phi) is 23.3. The molecule has 0 radical (unpaired) electrons. The second kappa shape index (κ2) is 24.0. The van der Waals surface area contributed by atoms with E-state index in [1.807, 2.05) is 27.7 Å². The smallest absolute Gasteiger partial charge is 0.192 e. The van der Waals surface area contributed by atoms with Crippen LogP contribution < -0.4 is 0 Å². The van der Waals surface area contributed by atoms with Gasteiger partial charge in [0.1, 0.15) is 31.9 Å². The van der Waals surface area contributed by atoms with E-state index in [0.29, 0.717) is 19.6 Å². The summed E-state index contributed by atoms with van der Waals surface area (Å²) in [4.78, 5) is 0. The molecule has 0 unspecified atom stereocenters. The highest BCUT2D eigenvalue weighted by molar-refractivity contribution is 6.75. The molecule has 1 rings (SSSR count). The van der Waals surface area contributed by atoms with Crippen molar-refractivity contribution in [3.8, 4) is 11.8 Å². The Hall–Kier alpha value is -0.0125. The fraction of sp³-hybridized carbons (Fsp3) is 0.958. The molecule has 0 aromatic carbocycles. The monoisotopic (exact) mass is 965 g/mol. The summed E-state index contributed by atoms with van der Waals surface area (Å²) in [6.07, 6.45) is -2.96. The zero-order valence-electron chi connectivity index (χ0n) is 45.3. The van der Waals surface area contributed by atoms with Crippen LogP contribution in [0.3, 0.4) is 0 Å². The molecule has 374 valence electrons. The van der Waals surface area contributed by atoms with Gasteiger partial charge in [0.15, 0.2) is 44.7 Å². The van der Waals surface area contributed by atoms with Crippen molar-refractivity contribution >= 4 is 33.3 Å². The molecule has 0 spiro atoms. The maximum Gasteiger partial charge on any atom is 0.192 e. The molecule has 1 heterocycles. The van der Waals surface area contributed by atoms with Crippen molar-refractivity contribution in [3.05, 3.63) is 0 Å². The highest BCUT2D eigenvalue weighted by Crippen LogP contribution is 2.44. The van der Waals surface area contributed by atoms with E-state index in [1.165, 1.54) is 0 Å². The van der Waals surface area contributed by atoms with Gasteiger partial charge in [-0.3, -0.25) is 0 Å². The summed E-state index contributed by atoms with van der Waals surface area (Å²) < 4.78 is 65.8. The van der Waals surface area contributed by atoms with Crippen LogP contribution in [0.4, 0.5) is 0 Å². The summed E-state index contributed by atoms with van der Waals surface area (Å²) in [5.74, 6) is 5.33. The number of methoxy groups -OCH3 is 2. The van der Waals surface area contributed by atoms with Crippen LogP contribution in [0, 0.1) is 23.7 Å². The van der Waals surface area contributed by atoms with Crippen molar-refractivity contribution in [2.75, 3.05) is 41.0 Å². The van der Waals surface area contributed by atoms with Gasteiger partial charge in [0.25, 0.3) is 0 Å². The minimum absolute atomic E-state index is 0.000356. The molecule has 1 aliphatic heterocycles. The van der Waals surface area contributed by atoms with E-state index in [9.17, 15) is 5.11 Å². The number of aliphatic hydroxyl groups excluding tert-OH is 1. The lowest BCUT2D eigenvalue weighted by atomic mass is 9.89. The van der Waals surface area contributed by atoms with Crippen LogP contribution >= 0.6 is 0 Å². The third-order valence-corrected chi connectivity index (χ3v) is 33.1. The van der Waals surface area contributed by atoms with Crippen LogP contribution in [0.2, 0.25) is 72.5 Å². The van der Waals surface area contributed by atoms with Gasteiger partial charge in [-0.25, -0.2) is 0 Å². The Balaban J connectivity index is 3.83. The molecule has 11 nitrogen and oxygen atoms in total. The molecule has 1 saturated heterocycles. The first-order valence-corrected chi connectivity index (χ1v) is 35.1. The van der Waals surface area contributed by atoms with Gasteiger partial charge >= 0.3 is 0 Å². The van der Waals surface area contributed by atoms with Crippen molar-refractivity contribution in [2.24, 2.45) is 11.8 Å². The van der Waals surface area contributed by atoms with Gasteiger partial charge < -0.3 is 51.2 Å². The maximum atomic E-state index is 12.0. The molecule has 1 fully saturated rings. The van der Waals surface area contributed by atoms with Gasteiger partial charge in [-0.2, -0.15) is 0 Å². The minimum Gasteiger partial charge on any atom is -0.416 e.